The van der Waals surface area contributed by atoms with E-state index in [0.29, 0.717) is 5.56 Å². The van der Waals surface area contributed by atoms with E-state index in [2.05, 4.69) is 35.4 Å². The summed E-state index contributed by atoms with van der Waals surface area (Å²) >= 11 is 0. The number of fused-ring (bicyclic) bond motifs is 1. The van der Waals surface area contributed by atoms with Crippen LogP contribution in [0.1, 0.15) is 28.4 Å². The van der Waals surface area contributed by atoms with Gasteiger partial charge in [-0.05, 0) is 22.4 Å². The van der Waals surface area contributed by atoms with Gasteiger partial charge < -0.3 is 0 Å². The normalized spacial score (nSPS) is 12.0. The van der Waals surface area contributed by atoms with Crippen molar-refractivity contribution in [3.63, 3.8) is 0 Å². The zero-order valence-corrected chi connectivity index (χ0v) is 16.9. The third-order valence-corrected chi connectivity index (χ3v) is 5.49. The monoisotopic (exact) mass is 403 g/mol. The van der Waals surface area contributed by atoms with E-state index in [1.807, 2.05) is 72.8 Å². The molecule has 5 aromatic rings. The number of Topliss-reactive ketones (excluding diaryl/α,β-unsaturated/α-hetero) is 1. The molecule has 1 unspecified atom stereocenters. The molecule has 31 heavy (non-hydrogen) atoms. The van der Waals surface area contributed by atoms with Gasteiger partial charge >= 0.3 is 0 Å². The molecule has 1 atom stereocenters. The van der Waals surface area contributed by atoms with E-state index in [4.69, 9.17) is 5.10 Å². The minimum atomic E-state index is -0.297. The molecule has 4 nitrogen and oxygen atoms in total. The smallest absolute Gasteiger partial charge is 0.165 e. The third-order valence-electron chi connectivity index (χ3n) is 5.49. The van der Waals surface area contributed by atoms with Gasteiger partial charge in [0, 0.05) is 17.5 Å². The second-order valence-electron chi connectivity index (χ2n) is 7.53. The Bertz CT molecular complexity index is 1330. The molecule has 4 aromatic carbocycles. The number of ketones is 1. The molecule has 1 heterocycles. The van der Waals surface area contributed by atoms with Gasteiger partial charge in [-0.15, -0.1) is 0 Å². The first kappa shape index (κ1) is 18.9. The quantitative estimate of drug-likeness (QED) is 0.329. The Labute approximate surface area is 180 Å². The largest absolute Gasteiger partial charge is 0.294 e. The number of hydrogen-bond acceptors (Lipinski definition) is 3. The van der Waals surface area contributed by atoms with Gasteiger partial charge in [0.2, 0.25) is 0 Å². The molecular formula is C27H21N3O. The third kappa shape index (κ3) is 4.01. The zero-order valence-electron chi connectivity index (χ0n) is 16.9. The Morgan fingerprint density at radius 1 is 0.774 bits per heavy atom. The van der Waals surface area contributed by atoms with E-state index in [1.165, 1.54) is 0 Å². The lowest BCUT2D eigenvalue weighted by Gasteiger charge is -2.17. The average molecular weight is 403 g/mol. The summed E-state index contributed by atoms with van der Waals surface area (Å²) in [6, 6.07) is 33.6. The highest BCUT2D eigenvalue weighted by Gasteiger charge is 2.22. The molecule has 0 N–H and O–H groups in total. The first-order chi connectivity index (χ1) is 15.3. The molecule has 5 rings (SSSR count). The number of aromatic nitrogens is 3. The predicted molar refractivity (Wildman–Crippen MR) is 123 cm³/mol. The highest BCUT2D eigenvalue weighted by Crippen LogP contribution is 2.27. The van der Waals surface area contributed by atoms with E-state index in [9.17, 15) is 4.79 Å². The summed E-state index contributed by atoms with van der Waals surface area (Å²) < 4.78 is 0. The molecule has 0 aliphatic carbocycles. The number of nitrogens with zero attached hydrogens (tertiary/aromatic N) is 3. The van der Waals surface area contributed by atoms with Crippen LogP contribution >= 0.6 is 0 Å². The van der Waals surface area contributed by atoms with Gasteiger partial charge in [-0.3, -0.25) is 4.79 Å². The molecule has 0 aliphatic rings. The van der Waals surface area contributed by atoms with Crippen molar-refractivity contribution in [2.24, 2.45) is 0 Å². The Hall–Kier alpha value is -4.05. The maximum absolute atomic E-state index is 13.1. The molecule has 150 valence electrons. The Kier molecular flexibility index (Phi) is 5.11. The average Bonchev–Trinajstić information content (AvgIpc) is 3.33. The molecule has 0 radical (unpaired) electrons. The van der Waals surface area contributed by atoms with Crippen LogP contribution in [0.15, 0.2) is 109 Å². The van der Waals surface area contributed by atoms with Crippen molar-refractivity contribution in [1.82, 2.24) is 15.0 Å². The van der Waals surface area contributed by atoms with Crippen molar-refractivity contribution in [2.45, 2.75) is 12.5 Å². The Morgan fingerprint density at radius 2 is 1.45 bits per heavy atom. The van der Waals surface area contributed by atoms with E-state index in [-0.39, 0.29) is 18.2 Å². The fourth-order valence-electron chi connectivity index (χ4n) is 3.83. The van der Waals surface area contributed by atoms with Crippen molar-refractivity contribution >= 4 is 16.6 Å². The summed E-state index contributed by atoms with van der Waals surface area (Å²) in [6.07, 6.45) is 2.04. The van der Waals surface area contributed by atoms with Crippen LogP contribution in [-0.4, -0.2) is 20.8 Å². The van der Waals surface area contributed by atoms with Gasteiger partial charge in [0.15, 0.2) is 5.78 Å². The van der Waals surface area contributed by atoms with Gasteiger partial charge in [-0.1, -0.05) is 97.1 Å². The lowest BCUT2D eigenvalue weighted by atomic mass is 9.96. The van der Waals surface area contributed by atoms with Gasteiger partial charge in [0.25, 0.3) is 0 Å². The molecule has 0 amide bonds. The van der Waals surface area contributed by atoms with Crippen LogP contribution < -0.4 is 0 Å². The van der Waals surface area contributed by atoms with Gasteiger partial charge in [0.1, 0.15) is 11.7 Å². The van der Waals surface area contributed by atoms with E-state index >= 15 is 0 Å². The van der Waals surface area contributed by atoms with E-state index < -0.39 is 0 Å². The predicted octanol–water partition coefficient (Wildman–Crippen LogP) is 5.96. The van der Waals surface area contributed by atoms with Crippen molar-refractivity contribution < 1.29 is 4.79 Å². The maximum Gasteiger partial charge on any atom is 0.165 e. The van der Waals surface area contributed by atoms with Crippen molar-refractivity contribution in [2.75, 3.05) is 0 Å². The topological polar surface area (TPSA) is 47.8 Å². The fraction of sp³-hybridized carbons (Fsp3) is 0.0741. The highest BCUT2D eigenvalue weighted by atomic mass is 16.1. The lowest BCUT2D eigenvalue weighted by molar-refractivity contribution is 0.0964. The van der Waals surface area contributed by atoms with Crippen LogP contribution in [0, 0.1) is 0 Å². The second kappa shape index (κ2) is 8.36. The van der Waals surface area contributed by atoms with Crippen LogP contribution in [0.3, 0.4) is 0 Å². The number of carbonyl (C=O) groups is 1. The van der Waals surface area contributed by atoms with Gasteiger partial charge in [0.05, 0.1) is 6.20 Å². The molecule has 0 saturated carbocycles. The molecule has 1 aromatic heterocycles. The number of rotatable bonds is 6. The minimum Gasteiger partial charge on any atom is -0.294 e. The summed E-state index contributed by atoms with van der Waals surface area (Å²) in [4.78, 5) is 14.7. The van der Waals surface area contributed by atoms with Crippen molar-refractivity contribution in [1.29, 1.82) is 0 Å². The first-order valence-corrected chi connectivity index (χ1v) is 10.3. The van der Waals surface area contributed by atoms with Crippen molar-refractivity contribution in [3.05, 3.63) is 120 Å². The first-order valence-electron chi connectivity index (χ1n) is 10.3. The maximum atomic E-state index is 13.1. The Balaban J connectivity index is 1.55. The standard InChI is InChI=1S/C27H21N3O/c31-27(22-12-5-2-6-13-22)18-26(24-16-15-20-9-7-8-14-23(20)17-24)30-28-19-25(29-30)21-10-3-1-4-11-21/h1-17,19,26H,18H2. The molecule has 0 spiro atoms. The SMILES string of the molecule is O=C(CC(c1ccc2ccccc2c1)n1ncc(-c2ccccc2)n1)c1ccccc1. The molecule has 0 aliphatic heterocycles. The summed E-state index contributed by atoms with van der Waals surface area (Å²) in [5, 5.41) is 11.6. The molecule has 0 saturated heterocycles. The number of benzene rings is 4. The summed E-state index contributed by atoms with van der Waals surface area (Å²) in [7, 11) is 0. The summed E-state index contributed by atoms with van der Waals surface area (Å²) in [5.41, 5.74) is 3.50. The highest BCUT2D eigenvalue weighted by molar-refractivity contribution is 5.96. The summed E-state index contributed by atoms with van der Waals surface area (Å²) in [6.45, 7) is 0. The van der Waals surface area contributed by atoms with Crippen LogP contribution in [0.4, 0.5) is 0 Å². The van der Waals surface area contributed by atoms with Crippen LogP contribution in [0.5, 0.6) is 0 Å². The van der Waals surface area contributed by atoms with E-state index in [1.54, 1.807) is 11.0 Å². The molecule has 4 heteroatoms. The van der Waals surface area contributed by atoms with Gasteiger partial charge in [-0.2, -0.15) is 15.0 Å². The van der Waals surface area contributed by atoms with Crippen molar-refractivity contribution in [3.8, 4) is 11.3 Å². The Morgan fingerprint density at radius 3 is 2.23 bits per heavy atom. The molecular weight excluding hydrogens is 382 g/mol. The van der Waals surface area contributed by atoms with Gasteiger partial charge in [-0.25, -0.2) is 0 Å². The molecule has 0 fully saturated rings. The lowest BCUT2D eigenvalue weighted by Crippen LogP contribution is -2.18. The minimum absolute atomic E-state index is 0.0670. The van der Waals surface area contributed by atoms with Crippen LogP contribution in [0.25, 0.3) is 22.0 Å². The second-order valence-corrected chi connectivity index (χ2v) is 7.53. The molecule has 0 bridgehead atoms. The number of carbonyl (C=O) groups excluding carboxylic acids is 1. The fourth-order valence-corrected chi connectivity index (χ4v) is 3.83. The van der Waals surface area contributed by atoms with E-state index in [0.717, 1.165) is 27.6 Å². The van der Waals surface area contributed by atoms with Crippen LogP contribution in [-0.2, 0) is 0 Å². The number of hydrogen-bond donors (Lipinski definition) is 0. The summed E-state index contributed by atoms with van der Waals surface area (Å²) in [5.74, 6) is 0.0670. The zero-order chi connectivity index (χ0) is 21.0. The van der Waals surface area contributed by atoms with Crippen LogP contribution in [0.2, 0.25) is 0 Å².